The third kappa shape index (κ3) is 1.61. The summed E-state index contributed by atoms with van der Waals surface area (Å²) >= 11 is 5.14. The lowest BCUT2D eigenvalue weighted by Crippen LogP contribution is -2.29. The van der Waals surface area contributed by atoms with Crippen molar-refractivity contribution >= 4 is 49.9 Å². The van der Waals surface area contributed by atoms with Gasteiger partial charge in [-0.25, -0.2) is 0 Å². The topological polar surface area (TPSA) is 40.5 Å². The third-order valence-corrected chi connectivity index (χ3v) is 4.46. The molecule has 1 aromatic heterocycles. The monoisotopic (exact) mass is 270 g/mol. The molecule has 14 heavy (non-hydrogen) atoms. The molecule has 2 N–H and O–H groups in total. The standard InChI is InChI=1S/C9H8BBrO2S/c1-5-9(11)7-3-2-6(10(12)13)4-8(7)14-5/h2-4,12-13H,1H3. The summed E-state index contributed by atoms with van der Waals surface area (Å²) in [6.07, 6.45) is 0. The van der Waals surface area contributed by atoms with Crippen molar-refractivity contribution in [2.24, 2.45) is 0 Å². The fourth-order valence-electron chi connectivity index (χ4n) is 1.36. The van der Waals surface area contributed by atoms with Crippen molar-refractivity contribution in [3.63, 3.8) is 0 Å². The second-order valence-electron chi connectivity index (χ2n) is 3.10. The molecule has 2 aromatic rings. The highest BCUT2D eigenvalue weighted by atomic mass is 79.9. The van der Waals surface area contributed by atoms with Crippen LogP contribution in [0.2, 0.25) is 0 Å². The molecule has 0 aliphatic heterocycles. The van der Waals surface area contributed by atoms with E-state index in [1.165, 1.54) is 4.88 Å². The minimum absolute atomic E-state index is 0.534. The maximum atomic E-state index is 9.01. The molecule has 2 nitrogen and oxygen atoms in total. The van der Waals surface area contributed by atoms with E-state index in [-0.39, 0.29) is 0 Å². The molecule has 0 aliphatic carbocycles. The van der Waals surface area contributed by atoms with Gasteiger partial charge in [-0.15, -0.1) is 11.3 Å². The lowest BCUT2D eigenvalue weighted by atomic mass is 9.80. The second-order valence-corrected chi connectivity index (χ2v) is 5.15. The molecule has 2 rings (SSSR count). The van der Waals surface area contributed by atoms with Crippen LogP contribution < -0.4 is 5.46 Å². The maximum Gasteiger partial charge on any atom is 0.488 e. The Morgan fingerprint density at radius 3 is 2.71 bits per heavy atom. The van der Waals surface area contributed by atoms with Crippen LogP contribution in [0, 0.1) is 6.92 Å². The average Bonchev–Trinajstić information content (AvgIpc) is 2.42. The molecule has 5 heteroatoms. The van der Waals surface area contributed by atoms with Crippen LogP contribution in [-0.2, 0) is 0 Å². The molecule has 72 valence electrons. The van der Waals surface area contributed by atoms with Gasteiger partial charge in [0.2, 0.25) is 0 Å². The number of fused-ring (bicyclic) bond motifs is 1. The van der Waals surface area contributed by atoms with Gasteiger partial charge in [0, 0.05) is 19.4 Å². The van der Waals surface area contributed by atoms with Crippen molar-refractivity contribution in [1.82, 2.24) is 0 Å². The molecule has 0 unspecified atom stereocenters. The van der Waals surface area contributed by atoms with Crippen molar-refractivity contribution in [3.05, 3.63) is 27.5 Å². The van der Waals surface area contributed by atoms with Gasteiger partial charge in [-0.2, -0.15) is 0 Å². The molecular formula is C9H8BBrO2S. The quantitative estimate of drug-likeness (QED) is 0.774. The van der Waals surface area contributed by atoms with Crippen LogP contribution in [0.25, 0.3) is 10.1 Å². The number of benzene rings is 1. The largest absolute Gasteiger partial charge is 0.488 e. The molecule has 0 atom stereocenters. The zero-order valence-corrected chi connectivity index (χ0v) is 9.89. The summed E-state index contributed by atoms with van der Waals surface area (Å²) in [5.74, 6) is 0. The van der Waals surface area contributed by atoms with Gasteiger partial charge in [-0.05, 0) is 34.4 Å². The first-order valence-corrected chi connectivity index (χ1v) is 5.75. The Bertz CT molecular complexity index is 481. The second kappa shape index (κ2) is 3.66. The molecular weight excluding hydrogens is 263 g/mol. The number of hydrogen-bond acceptors (Lipinski definition) is 3. The zero-order valence-electron chi connectivity index (χ0n) is 7.49. The number of rotatable bonds is 1. The number of aryl methyl sites for hydroxylation is 1. The summed E-state index contributed by atoms with van der Waals surface area (Å²) in [5.41, 5.74) is 0.534. The lowest BCUT2D eigenvalue weighted by Gasteiger charge is -1.98. The first-order valence-electron chi connectivity index (χ1n) is 4.14. The summed E-state index contributed by atoms with van der Waals surface area (Å²) in [6.45, 7) is 2.03. The van der Waals surface area contributed by atoms with E-state index in [2.05, 4.69) is 15.9 Å². The SMILES string of the molecule is Cc1sc2cc(B(O)O)ccc2c1Br. The van der Waals surface area contributed by atoms with Crippen LogP contribution in [0.1, 0.15) is 4.88 Å². The summed E-state index contributed by atoms with van der Waals surface area (Å²) in [7, 11) is -1.39. The molecule has 0 bridgehead atoms. The fraction of sp³-hybridized carbons (Fsp3) is 0.111. The Hall–Kier alpha value is -0.355. The van der Waals surface area contributed by atoms with Crippen molar-refractivity contribution in [1.29, 1.82) is 0 Å². The van der Waals surface area contributed by atoms with Crippen LogP contribution in [0.4, 0.5) is 0 Å². The Morgan fingerprint density at radius 2 is 2.07 bits per heavy atom. The van der Waals surface area contributed by atoms with Gasteiger partial charge in [0.15, 0.2) is 0 Å². The van der Waals surface area contributed by atoms with E-state index in [0.29, 0.717) is 5.46 Å². The zero-order chi connectivity index (χ0) is 10.3. The van der Waals surface area contributed by atoms with Crippen LogP contribution in [0.3, 0.4) is 0 Å². The Labute approximate surface area is 94.5 Å². The van der Waals surface area contributed by atoms with Crippen LogP contribution in [0.15, 0.2) is 22.7 Å². The molecule has 0 radical (unpaired) electrons. The number of hydrogen-bond donors (Lipinski definition) is 2. The predicted molar refractivity (Wildman–Crippen MR) is 64.1 cm³/mol. The van der Waals surface area contributed by atoms with E-state index >= 15 is 0 Å². The highest BCUT2D eigenvalue weighted by molar-refractivity contribution is 9.10. The van der Waals surface area contributed by atoms with Gasteiger partial charge in [-0.1, -0.05) is 12.1 Å². The summed E-state index contributed by atoms with van der Waals surface area (Å²) in [4.78, 5) is 1.20. The van der Waals surface area contributed by atoms with E-state index < -0.39 is 7.12 Å². The molecule has 0 fully saturated rings. The predicted octanol–water partition coefficient (Wildman–Crippen LogP) is 1.65. The molecule has 0 amide bonds. The van der Waals surface area contributed by atoms with E-state index in [1.807, 2.05) is 19.1 Å². The fourth-order valence-corrected chi connectivity index (χ4v) is 3.09. The summed E-state index contributed by atoms with van der Waals surface area (Å²) in [5, 5.41) is 19.1. The van der Waals surface area contributed by atoms with Gasteiger partial charge in [0.05, 0.1) is 0 Å². The Balaban J connectivity index is 2.67. The van der Waals surface area contributed by atoms with Crippen LogP contribution >= 0.6 is 27.3 Å². The smallest absolute Gasteiger partial charge is 0.423 e. The van der Waals surface area contributed by atoms with Crippen molar-refractivity contribution in [3.8, 4) is 0 Å². The van der Waals surface area contributed by atoms with Crippen LogP contribution in [0.5, 0.6) is 0 Å². The minimum Gasteiger partial charge on any atom is -0.423 e. The molecule has 0 saturated heterocycles. The highest BCUT2D eigenvalue weighted by Gasteiger charge is 2.13. The van der Waals surface area contributed by atoms with Crippen molar-refractivity contribution in [2.75, 3.05) is 0 Å². The van der Waals surface area contributed by atoms with Crippen LogP contribution in [-0.4, -0.2) is 17.2 Å². The van der Waals surface area contributed by atoms with E-state index in [4.69, 9.17) is 10.0 Å². The molecule has 0 saturated carbocycles. The normalized spacial score (nSPS) is 10.9. The van der Waals surface area contributed by atoms with Gasteiger partial charge < -0.3 is 10.0 Å². The molecule has 1 aromatic carbocycles. The molecule has 0 aliphatic rings. The van der Waals surface area contributed by atoms with E-state index in [0.717, 1.165) is 14.6 Å². The Morgan fingerprint density at radius 1 is 1.36 bits per heavy atom. The highest BCUT2D eigenvalue weighted by Crippen LogP contribution is 2.34. The number of thiophene rings is 1. The van der Waals surface area contributed by atoms with Gasteiger partial charge >= 0.3 is 7.12 Å². The van der Waals surface area contributed by atoms with Gasteiger partial charge in [0.1, 0.15) is 0 Å². The molecule has 0 spiro atoms. The first-order chi connectivity index (χ1) is 6.59. The average molecular weight is 271 g/mol. The van der Waals surface area contributed by atoms with E-state index in [9.17, 15) is 0 Å². The number of halogens is 1. The Kier molecular flexibility index (Phi) is 2.66. The molecule has 1 heterocycles. The third-order valence-electron chi connectivity index (χ3n) is 2.11. The summed E-state index contributed by atoms with van der Waals surface area (Å²) < 4.78 is 2.16. The van der Waals surface area contributed by atoms with Crippen molar-refractivity contribution < 1.29 is 10.0 Å². The first kappa shape index (κ1) is 10.2. The van der Waals surface area contributed by atoms with E-state index in [1.54, 1.807) is 17.4 Å². The summed E-state index contributed by atoms with van der Waals surface area (Å²) in [6, 6.07) is 5.43. The van der Waals surface area contributed by atoms with Crippen molar-refractivity contribution in [2.45, 2.75) is 6.92 Å². The lowest BCUT2D eigenvalue weighted by molar-refractivity contribution is 0.426. The maximum absolute atomic E-state index is 9.01. The van der Waals surface area contributed by atoms with Gasteiger partial charge in [0.25, 0.3) is 0 Å². The van der Waals surface area contributed by atoms with Gasteiger partial charge in [-0.3, -0.25) is 0 Å². The minimum atomic E-state index is -1.39.